The lowest BCUT2D eigenvalue weighted by atomic mass is 10.0. The summed E-state index contributed by atoms with van der Waals surface area (Å²) in [5.41, 5.74) is 3.26. The van der Waals surface area contributed by atoms with Gasteiger partial charge in [-0.2, -0.15) is 0 Å². The minimum absolute atomic E-state index is 0.0316. The number of thiocarbonyl (C=S) groups is 1. The second-order valence-electron chi connectivity index (χ2n) is 7.15. The molecular formula is C24H22N2O2S2. The SMILES string of the molecule is O=C1C(=CC=Cc2ccccc2)SC(=S)N1CCC(=O)N1CCCc2ccccc21. The highest BCUT2D eigenvalue weighted by atomic mass is 32.2. The molecule has 2 amide bonds. The largest absolute Gasteiger partial charge is 0.312 e. The van der Waals surface area contributed by atoms with Gasteiger partial charge in [0.2, 0.25) is 5.91 Å². The second kappa shape index (κ2) is 9.41. The number of nitrogens with zero attached hydrogens (tertiary/aromatic N) is 2. The Balaban J connectivity index is 1.38. The molecule has 0 unspecified atom stereocenters. The zero-order valence-corrected chi connectivity index (χ0v) is 18.1. The quantitative estimate of drug-likeness (QED) is 0.500. The summed E-state index contributed by atoms with van der Waals surface area (Å²) in [7, 11) is 0. The Kier molecular flexibility index (Phi) is 6.45. The monoisotopic (exact) mass is 434 g/mol. The van der Waals surface area contributed by atoms with Crippen molar-refractivity contribution in [1.29, 1.82) is 0 Å². The molecule has 2 aromatic rings. The molecule has 1 fully saturated rings. The van der Waals surface area contributed by atoms with Crippen LogP contribution in [0.4, 0.5) is 5.69 Å². The molecular weight excluding hydrogens is 412 g/mol. The van der Waals surface area contributed by atoms with E-state index in [0.29, 0.717) is 15.8 Å². The predicted octanol–water partition coefficient (Wildman–Crippen LogP) is 4.81. The van der Waals surface area contributed by atoms with Gasteiger partial charge in [0.1, 0.15) is 4.32 Å². The Morgan fingerprint density at radius 1 is 1.10 bits per heavy atom. The summed E-state index contributed by atoms with van der Waals surface area (Å²) in [4.78, 5) is 29.6. The van der Waals surface area contributed by atoms with Crippen molar-refractivity contribution in [2.24, 2.45) is 0 Å². The van der Waals surface area contributed by atoms with Crippen LogP contribution in [0.5, 0.6) is 0 Å². The van der Waals surface area contributed by atoms with Gasteiger partial charge in [-0.3, -0.25) is 14.5 Å². The number of rotatable bonds is 5. The van der Waals surface area contributed by atoms with Gasteiger partial charge in [0.05, 0.1) is 4.91 Å². The smallest absolute Gasteiger partial charge is 0.266 e. The summed E-state index contributed by atoms with van der Waals surface area (Å²) in [6, 6.07) is 17.9. The van der Waals surface area contributed by atoms with E-state index in [-0.39, 0.29) is 18.2 Å². The number of amides is 2. The van der Waals surface area contributed by atoms with Gasteiger partial charge < -0.3 is 4.90 Å². The molecule has 0 spiro atoms. The number of hydrogen-bond donors (Lipinski definition) is 0. The Morgan fingerprint density at radius 2 is 1.87 bits per heavy atom. The average Bonchev–Trinajstić information content (AvgIpc) is 3.05. The maximum absolute atomic E-state index is 12.9. The molecule has 0 aromatic heterocycles. The number of carbonyl (C=O) groups excluding carboxylic acids is 2. The lowest BCUT2D eigenvalue weighted by Crippen LogP contribution is -2.38. The summed E-state index contributed by atoms with van der Waals surface area (Å²) < 4.78 is 0.506. The van der Waals surface area contributed by atoms with Crippen molar-refractivity contribution in [1.82, 2.24) is 4.90 Å². The molecule has 2 aromatic carbocycles. The molecule has 2 heterocycles. The summed E-state index contributed by atoms with van der Waals surface area (Å²) in [5.74, 6) is -0.0984. The van der Waals surface area contributed by atoms with E-state index in [1.807, 2.05) is 65.6 Å². The fourth-order valence-electron chi connectivity index (χ4n) is 3.65. The van der Waals surface area contributed by atoms with Gasteiger partial charge in [0.25, 0.3) is 5.91 Å². The Bertz CT molecular complexity index is 1030. The van der Waals surface area contributed by atoms with E-state index in [1.54, 1.807) is 6.08 Å². The molecule has 1 saturated heterocycles. The van der Waals surface area contributed by atoms with Crippen LogP contribution in [0, 0.1) is 0 Å². The number of fused-ring (bicyclic) bond motifs is 1. The minimum Gasteiger partial charge on any atom is -0.312 e. The first-order valence-corrected chi connectivity index (χ1v) is 11.2. The standard InChI is InChI=1S/C24H22N2O2S2/c27-22(25-16-7-12-19-11-4-5-13-20(19)25)15-17-26-23(28)21(30-24(26)29)14-6-10-18-8-2-1-3-9-18/h1-6,8-11,13-14H,7,12,15-17H2. The van der Waals surface area contributed by atoms with Gasteiger partial charge in [0, 0.05) is 25.2 Å². The van der Waals surface area contributed by atoms with E-state index < -0.39 is 0 Å². The number of aryl methyl sites for hydroxylation is 1. The number of anilines is 1. The van der Waals surface area contributed by atoms with E-state index in [0.717, 1.165) is 30.6 Å². The Labute approximate surface area is 186 Å². The molecule has 0 N–H and O–H groups in total. The topological polar surface area (TPSA) is 40.6 Å². The normalized spacial score (nSPS) is 17.8. The van der Waals surface area contributed by atoms with E-state index in [9.17, 15) is 9.59 Å². The molecule has 4 rings (SSSR count). The van der Waals surface area contributed by atoms with Crippen molar-refractivity contribution in [3.05, 3.63) is 82.8 Å². The maximum Gasteiger partial charge on any atom is 0.266 e. The molecule has 30 heavy (non-hydrogen) atoms. The van der Waals surface area contributed by atoms with Crippen molar-refractivity contribution >= 4 is 51.9 Å². The number of allylic oxidation sites excluding steroid dienone is 2. The summed E-state index contributed by atoms with van der Waals surface area (Å²) in [6.45, 7) is 1.03. The Morgan fingerprint density at radius 3 is 2.70 bits per heavy atom. The van der Waals surface area contributed by atoms with Crippen LogP contribution in [-0.4, -0.2) is 34.1 Å². The highest BCUT2D eigenvalue weighted by Crippen LogP contribution is 2.32. The highest BCUT2D eigenvalue weighted by Gasteiger charge is 2.32. The zero-order chi connectivity index (χ0) is 20.9. The first kappa shape index (κ1) is 20.6. The van der Waals surface area contributed by atoms with Gasteiger partial charge in [-0.1, -0.05) is 84.7 Å². The average molecular weight is 435 g/mol. The number of para-hydroxylation sites is 1. The van der Waals surface area contributed by atoms with Crippen LogP contribution >= 0.6 is 24.0 Å². The van der Waals surface area contributed by atoms with Crippen molar-refractivity contribution in [2.45, 2.75) is 19.3 Å². The minimum atomic E-state index is -0.130. The molecule has 0 atom stereocenters. The maximum atomic E-state index is 12.9. The molecule has 2 aliphatic heterocycles. The van der Waals surface area contributed by atoms with Gasteiger partial charge in [-0.15, -0.1) is 0 Å². The molecule has 0 bridgehead atoms. The van der Waals surface area contributed by atoms with Crippen molar-refractivity contribution in [3.63, 3.8) is 0 Å². The number of carbonyl (C=O) groups is 2. The second-order valence-corrected chi connectivity index (χ2v) is 8.83. The molecule has 4 nitrogen and oxygen atoms in total. The van der Waals surface area contributed by atoms with Crippen molar-refractivity contribution in [3.8, 4) is 0 Å². The molecule has 152 valence electrons. The van der Waals surface area contributed by atoms with E-state index >= 15 is 0 Å². The number of thioether (sulfide) groups is 1. The predicted molar refractivity (Wildman–Crippen MR) is 127 cm³/mol. The molecule has 0 saturated carbocycles. The molecule has 2 aliphatic rings. The van der Waals surface area contributed by atoms with Gasteiger partial charge in [-0.05, 0) is 36.1 Å². The van der Waals surface area contributed by atoms with Gasteiger partial charge >= 0.3 is 0 Å². The van der Waals surface area contributed by atoms with Crippen LogP contribution in [0.2, 0.25) is 0 Å². The van der Waals surface area contributed by atoms with Crippen LogP contribution in [-0.2, 0) is 16.0 Å². The zero-order valence-electron chi connectivity index (χ0n) is 16.5. The van der Waals surface area contributed by atoms with Crippen LogP contribution in [0.3, 0.4) is 0 Å². The lowest BCUT2D eigenvalue weighted by Gasteiger charge is -2.30. The van der Waals surface area contributed by atoms with Crippen molar-refractivity contribution in [2.75, 3.05) is 18.0 Å². The van der Waals surface area contributed by atoms with Crippen LogP contribution in [0.25, 0.3) is 6.08 Å². The molecule has 0 aliphatic carbocycles. The Hall–Kier alpha value is -2.70. The molecule has 0 radical (unpaired) electrons. The third-order valence-electron chi connectivity index (χ3n) is 5.17. The number of benzene rings is 2. The summed E-state index contributed by atoms with van der Waals surface area (Å²) in [6.07, 6.45) is 7.81. The summed E-state index contributed by atoms with van der Waals surface area (Å²) >= 11 is 6.67. The number of hydrogen-bond acceptors (Lipinski definition) is 4. The van der Waals surface area contributed by atoms with Crippen molar-refractivity contribution < 1.29 is 9.59 Å². The van der Waals surface area contributed by atoms with E-state index in [4.69, 9.17) is 12.2 Å². The van der Waals surface area contributed by atoms with Gasteiger partial charge in [-0.25, -0.2) is 0 Å². The summed E-state index contributed by atoms with van der Waals surface area (Å²) in [5, 5.41) is 0. The van der Waals surface area contributed by atoms with Crippen LogP contribution in [0.1, 0.15) is 24.0 Å². The van der Waals surface area contributed by atoms with Gasteiger partial charge in [0.15, 0.2) is 0 Å². The first-order valence-electron chi connectivity index (χ1n) is 9.99. The third-order valence-corrected chi connectivity index (χ3v) is 6.57. The van der Waals surface area contributed by atoms with E-state index in [1.165, 1.54) is 22.2 Å². The van der Waals surface area contributed by atoms with Crippen LogP contribution < -0.4 is 4.90 Å². The fourth-order valence-corrected chi connectivity index (χ4v) is 4.91. The van der Waals surface area contributed by atoms with Crippen LogP contribution in [0.15, 0.2) is 71.7 Å². The fraction of sp³-hybridized carbons (Fsp3) is 0.208. The highest BCUT2D eigenvalue weighted by molar-refractivity contribution is 8.26. The first-order chi connectivity index (χ1) is 14.6. The van der Waals surface area contributed by atoms with E-state index in [2.05, 4.69) is 6.07 Å². The third kappa shape index (κ3) is 4.55. The molecule has 6 heteroatoms. The lowest BCUT2D eigenvalue weighted by molar-refractivity contribution is -0.123.